The minimum atomic E-state index is 0.822. The van der Waals surface area contributed by atoms with Crippen molar-refractivity contribution in [1.29, 1.82) is 0 Å². The first-order chi connectivity index (χ1) is 8.20. The van der Waals surface area contributed by atoms with E-state index in [4.69, 9.17) is 0 Å². The molecule has 0 aliphatic heterocycles. The molecule has 1 rings (SSSR count). The molecule has 0 radical (unpaired) electrons. The summed E-state index contributed by atoms with van der Waals surface area (Å²) in [6.07, 6.45) is 8.44. The third-order valence-corrected chi connectivity index (χ3v) is 2.97. The first-order valence-corrected chi connectivity index (χ1v) is 6.73. The molecule has 98 valence electrons. The van der Waals surface area contributed by atoms with Gasteiger partial charge in [0.05, 0.1) is 6.54 Å². The van der Waals surface area contributed by atoms with Crippen LogP contribution >= 0.6 is 0 Å². The van der Waals surface area contributed by atoms with Gasteiger partial charge in [0.15, 0.2) is 0 Å². The third-order valence-electron chi connectivity index (χ3n) is 2.97. The smallest absolute Gasteiger partial charge is 0.146 e. The molecule has 0 aromatic carbocycles. The highest BCUT2D eigenvalue weighted by Crippen LogP contribution is 2.08. The van der Waals surface area contributed by atoms with Crippen LogP contribution in [-0.4, -0.2) is 21.3 Å². The molecule has 0 aliphatic rings. The molecular formula is C13H26N4. The lowest BCUT2D eigenvalue weighted by molar-refractivity contribution is 0.510. The van der Waals surface area contributed by atoms with Crippen LogP contribution < -0.4 is 5.32 Å². The fourth-order valence-electron chi connectivity index (χ4n) is 1.82. The average molecular weight is 238 g/mol. The van der Waals surface area contributed by atoms with Crippen LogP contribution in [0.5, 0.6) is 0 Å². The van der Waals surface area contributed by atoms with E-state index >= 15 is 0 Å². The molecule has 0 amide bonds. The van der Waals surface area contributed by atoms with Crippen molar-refractivity contribution in [3.63, 3.8) is 0 Å². The van der Waals surface area contributed by atoms with Gasteiger partial charge in [-0.1, -0.05) is 39.5 Å². The molecule has 4 nitrogen and oxygen atoms in total. The topological polar surface area (TPSA) is 42.7 Å². The van der Waals surface area contributed by atoms with Crippen LogP contribution in [0.2, 0.25) is 0 Å². The van der Waals surface area contributed by atoms with Gasteiger partial charge in [-0.05, 0) is 18.9 Å². The van der Waals surface area contributed by atoms with Gasteiger partial charge in [-0.25, -0.2) is 0 Å². The molecule has 0 fully saturated rings. The highest BCUT2D eigenvalue weighted by molar-refractivity contribution is 4.82. The van der Waals surface area contributed by atoms with Gasteiger partial charge in [0.1, 0.15) is 12.2 Å². The predicted molar refractivity (Wildman–Crippen MR) is 70.6 cm³/mol. The maximum absolute atomic E-state index is 4.03. The molecule has 0 spiro atoms. The highest BCUT2D eigenvalue weighted by Gasteiger charge is 1.99. The third kappa shape index (κ3) is 6.41. The first kappa shape index (κ1) is 14.2. The van der Waals surface area contributed by atoms with E-state index < -0.39 is 0 Å². The molecule has 4 heteroatoms. The Bertz CT molecular complexity index is 293. The summed E-state index contributed by atoms with van der Waals surface area (Å²) >= 11 is 0. The molecule has 0 bridgehead atoms. The largest absolute Gasteiger partial charge is 0.320 e. The van der Waals surface area contributed by atoms with E-state index in [1.54, 1.807) is 6.33 Å². The van der Waals surface area contributed by atoms with E-state index in [-0.39, 0.29) is 0 Å². The second-order valence-corrected chi connectivity index (χ2v) is 5.13. The Morgan fingerprint density at radius 2 is 2.00 bits per heavy atom. The quantitative estimate of drug-likeness (QED) is 0.672. The molecule has 1 aromatic heterocycles. The van der Waals surface area contributed by atoms with Gasteiger partial charge >= 0.3 is 0 Å². The Labute approximate surface area is 105 Å². The molecular weight excluding hydrogens is 212 g/mol. The summed E-state index contributed by atoms with van der Waals surface area (Å²) < 4.78 is 1.95. The molecule has 1 N–H and O–H groups in total. The van der Waals surface area contributed by atoms with E-state index in [0.29, 0.717) is 0 Å². The summed E-state index contributed by atoms with van der Waals surface area (Å²) in [6.45, 7) is 6.49. The minimum Gasteiger partial charge on any atom is -0.320 e. The van der Waals surface area contributed by atoms with E-state index in [1.807, 2.05) is 11.6 Å². The Morgan fingerprint density at radius 3 is 2.65 bits per heavy atom. The van der Waals surface area contributed by atoms with Crippen molar-refractivity contribution in [3.05, 3.63) is 12.2 Å². The molecule has 1 aromatic rings. The van der Waals surface area contributed by atoms with Gasteiger partial charge in [0.25, 0.3) is 0 Å². The van der Waals surface area contributed by atoms with Gasteiger partial charge in [0.2, 0.25) is 0 Å². The zero-order valence-electron chi connectivity index (χ0n) is 11.4. The van der Waals surface area contributed by atoms with E-state index in [1.165, 1.54) is 32.1 Å². The number of nitrogens with zero attached hydrogens (tertiary/aromatic N) is 3. The Hall–Kier alpha value is -0.900. The highest BCUT2D eigenvalue weighted by atomic mass is 15.3. The van der Waals surface area contributed by atoms with Crippen LogP contribution in [-0.2, 0) is 13.6 Å². The summed E-state index contributed by atoms with van der Waals surface area (Å²) in [5.41, 5.74) is 0. The number of nitrogens with one attached hydrogen (secondary N) is 1. The maximum atomic E-state index is 4.03. The van der Waals surface area contributed by atoms with Crippen molar-refractivity contribution < 1.29 is 0 Å². The summed E-state index contributed by atoms with van der Waals surface area (Å²) in [6, 6.07) is 0. The number of hydrogen-bond acceptors (Lipinski definition) is 3. The van der Waals surface area contributed by atoms with Crippen molar-refractivity contribution in [2.75, 3.05) is 6.54 Å². The van der Waals surface area contributed by atoms with Crippen LogP contribution in [0.1, 0.15) is 51.8 Å². The number of hydrogen-bond donors (Lipinski definition) is 1. The Kier molecular flexibility index (Phi) is 6.86. The average Bonchev–Trinajstić information content (AvgIpc) is 2.68. The van der Waals surface area contributed by atoms with Gasteiger partial charge in [0, 0.05) is 7.05 Å². The molecule has 0 saturated carbocycles. The molecule has 0 saturated heterocycles. The van der Waals surface area contributed by atoms with E-state index in [9.17, 15) is 0 Å². The number of aryl methyl sites for hydroxylation is 1. The van der Waals surface area contributed by atoms with Gasteiger partial charge in [-0.3, -0.25) is 0 Å². The zero-order valence-corrected chi connectivity index (χ0v) is 11.4. The Balaban J connectivity index is 1.90. The summed E-state index contributed by atoms with van der Waals surface area (Å²) in [5.74, 6) is 1.86. The minimum absolute atomic E-state index is 0.822. The van der Waals surface area contributed by atoms with Crippen LogP contribution in [0.3, 0.4) is 0 Å². The Morgan fingerprint density at radius 1 is 1.24 bits per heavy atom. The van der Waals surface area contributed by atoms with Crippen molar-refractivity contribution in [2.45, 2.75) is 52.5 Å². The van der Waals surface area contributed by atoms with Crippen molar-refractivity contribution in [3.8, 4) is 0 Å². The van der Waals surface area contributed by atoms with E-state index in [2.05, 4.69) is 29.4 Å². The fourth-order valence-corrected chi connectivity index (χ4v) is 1.82. The maximum Gasteiger partial charge on any atom is 0.146 e. The lowest BCUT2D eigenvalue weighted by atomic mass is 10.0. The SMILES string of the molecule is CC(C)CCCCCCNCc1nncn1C. The summed E-state index contributed by atoms with van der Waals surface area (Å²) in [7, 11) is 1.98. The predicted octanol–water partition coefficient (Wildman–Crippen LogP) is 2.51. The lowest BCUT2D eigenvalue weighted by Gasteiger charge is -2.05. The van der Waals surface area contributed by atoms with Gasteiger partial charge < -0.3 is 9.88 Å². The van der Waals surface area contributed by atoms with Crippen LogP contribution in [0.15, 0.2) is 6.33 Å². The molecule has 0 aliphatic carbocycles. The molecule has 17 heavy (non-hydrogen) atoms. The van der Waals surface area contributed by atoms with Gasteiger partial charge in [-0.2, -0.15) is 0 Å². The standard InChI is InChI=1S/C13H26N4/c1-12(2)8-6-4-5-7-9-14-10-13-16-15-11-17(13)3/h11-12,14H,4-10H2,1-3H3. The summed E-state index contributed by atoms with van der Waals surface area (Å²) in [5, 5.41) is 11.3. The normalized spacial score (nSPS) is 11.3. The summed E-state index contributed by atoms with van der Waals surface area (Å²) in [4.78, 5) is 0. The molecule has 0 unspecified atom stereocenters. The second kappa shape index (κ2) is 8.23. The zero-order chi connectivity index (χ0) is 12.5. The second-order valence-electron chi connectivity index (χ2n) is 5.13. The van der Waals surface area contributed by atoms with Crippen LogP contribution in [0, 0.1) is 5.92 Å². The van der Waals surface area contributed by atoms with Crippen molar-refractivity contribution in [2.24, 2.45) is 13.0 Å². The van der Waals surface area contributed by atoms with E-state index in [0.717, 1.165) is 24.8 Å². The van der Waals surface area contributed by atoms with Crippen molar-refractivity contribution in [1.82, 2.24) is 20.1 Å². The molecule has 1 heterocycles. The number of unbranched alkanes of at least 4 members (excludes halogenated alkanes) is 3. The first-order valence-electron chi connectivity index (χ1n) is 6.73. The van der Waals surface area contributed by atoms with Crippen LogP contribution in [0.4, 0.5) is 0 Å². The van der Waals surface area contributed by atoms with Gasteiger partial charge in [-0.15, -0.1) is 10.2 Å². The fraction of sp³-hybridized carbons (Fsp3) is 0.846. The van der Waals surface area contributed by atoms with Crippen molar-refractivity contribution >= 4 is 0 Å². The lowest BCUT2D eigenvalue weighted by Crippen LogP contribution is -2.17. The molecule has 0 atom stereocenters. The van der Waals surface area contributed by atoms with Crippen LogP contribution in [0.25, 0.3) is 0 Å². The number of rotatable bonds is 9. The monoisotopic (exact) mass is 238 g/mol. The number of aromatic nitrogens is 3.